The molecule has 0 spiro atoms. The average molecular weight is 259 g/mol. The lowest BCUT2D eigenvalue weighted by molar-refractivity contribution is 0.0938. The van der Waals surface area contributed by atoms with Crippen LogP contribution in [0.15, 0.2) is 28.9 Å². The second-order valence-corrected chi connectivity index (χ2v) is 4.46. The van der Waals surface area contributed by atoms with Gasteiger partial charge < -0.3 is 9.84 Å². The van der Waals surface area contributed by atoms with Gasteiger partial charge in [-0.15, -0.1) is 0 Å². The molecule has 0 radical (unpaired) electrons. The van der Waals surface area contributed by atoms with Gasteiger partial charge in [0.15, 0.2) is 0 Å². The molecule has 19 heavy (non-hydrogen) atoms. The number of nitrogens with zero attached hydrogens (tertiary/aromatic N) is 2. The van der Waals surface area contributed by atoms with Crippen molar-refractivity contribution < 1.29 is 9.32 Å². The van der Waals surface area contributed by atoms with E-state index in [-0.39, 0.29) is 11.9 Å². The molecule has 2 aromatic heterocycles. The molecule has 1 N–H and O–H groups in total. The Morgan fingerprint density at radius 3 is 2.89 bits per heavy atom. The third kappa shape index (κ3) is 2.81. The third-order valence-electron chi connectivity index (χ3n) is 2.99. The molecule has 1 atom stereocenters. The highest BCUT2D eigenvalue weighted by Gasteiger charge is 2.22. The minimum absolute atomic E-state index is 0.110. The van der Waals surface area contributed by atoms with Crippen molar-refractivity contribution in [2.24, 2.45) is 0 Å². The molecule has 1 unspecified atom stereocenters. The number of carbonyl (C=O) groups excluding carboxylic acids is 1. The van der Waals surface area contributed by atoms with Crippen molar-refractivity contribution in [2.75, 3.05) is 0 Å². The monoisotopic (exact) mass is 259 g/mol. The average Bonchev–Trinajstić information content (AvgIpc) is 2.81. The molecule has 0 aliphatic rings. The van der Waals surface area contributed by atoms with Crippen LogP contribution >= 0.6 is 0 Å². The molecule has 5 nitrogen and oxygen atoms in total. The van der Waals surface area contributed by atoms with Gasteiger partial charge in [0.1, 0.15) is 17.0 Å². The summed E-state index contributed by atoms with van der Waals surface area (Å²) in [6.45, 7) is 5.71. The van der Waals surface area contributed by atoms with Crippen molar-refractivity contribution >= 4 is 5.91 Å². The fourth-order valence-corrected chi connectivity index (χ4v) is 1.72. The maximum Gasteiger partial charge on any atom is 0.257 e. The van der Waals surface area contributed by atoms with E-state index in [1.165, 1.54) is 0 Å². The Labute approximate surface area is 112 Å². The van der Waals surface area contributed by atoms with E-state index in [0.29, 0.717) is 22.7 Å². The zero-order valence-corrected chi connectivity index (χ0v) is 11.3. The first-order valence-corrected chi connectivity index (χ1v) is 6.32. The minimum atomic E-state index is -0.172. The van der Waals surface area contributed by atoms with Crippen LogP contribution in [-0.4, -0.2) is 22.1 Å². The van der Waals surface area contributed by atoms with Crippen LogP contribution in [0.25, 0.3) is 11.4 Å². The lowest BCUT2D eigenvalue weighted by Gasteiger charge is -2.11. The van der Waals surface area contributed by atoms with Gasteiger partial charge in [-0.25, -0.2) is 0 Å². The standard InChI is InChI=1S/C14H17N3O2/c1-4-9(2)16-14(18)12-10(3)19-17-13(12)11-7-5-6-8-15-11/h5-9H,4H2,1-3H3,(H,16,18). The molecule has 1 amide bonds. The lowest BCUT2D eigenvalue weighted by atomic mass is 10.1. The van der Waals surface area contributed by atoms with Crippen LogP contribution in [0.1, 0.15) is 36.4 Å². The molecule has 2 rings (SSSR count). The fourth-order valence-electron chi connectivity index (χ4n) is 1.72. The van der Waals surface area contributed by atoms with Gasteiger partial charge in [0.25, 0.3) is 5.91 Å². The van der Waals surface area contributed by atoms with Crippen LogP contribution in [0.5, 0.6) is 0 Å². The SMILES string of the molecule is CCC(C)NC(=O)c1c(-c2ccccn2)noc1C. The van der Waals surface area contributed by atoms with Crippen molar-refractivity contribution in [3.8, 4) is 11.4 Å². The van der Waals surface area contributed by atoms with Crippen LogP contribution in [0.2, 0.25) is 0 Å². The van der Waals surface area contributed by atoms with Crippen LogP contribution in [0.3, 0.4) is 0 Å². The summed E-state index contributed by atoms with van der Waals surface area (Å²) >= 11 is 0. The molecule has 0 bridgehead atoms. The Bertz CT molecular complexity index is 563. The smallest absolute Gasteiger partial charge is 0.257 e. The second-order valence-electron chi connectivity index (χ2n) is 4.46. The molecule has 0 fully saturated rings. The van der Waals surface area contributed by atoms with E-state index in [1.807, 2.05) is 26.0 Å². The first-order chi connectivity index (χ1) is 9.13. The minimum Gasteiger partial charge on any atom is -0.360 e. The molecule has 0 aliphatic heterocycles. The van der Waals surface area contributed by atoms with Gasteiger partial charge in [-0.05, 0) is 32.4 Å². The Balaban J connectivity index is 2.36. The van der Waals surface area contributed by atoms with Gasteiger partial charge in [-0.2, -0.15) is 0 Å². The van der Waals surface area contributed by atoms with E-state index in [1.54, 1.807) is 19.2 Å². The van der Waals surface area contributed by atoms with Gasteiger partial charge >= 0.3 is 0 Å². The summed E-state index contributed by atoms with van der Waals surface area (Å²) in [5.41, 5.74) is 1.58. The Hall–Kier alpha value is -2.17. The van der Waals surface area contributed by atoms with Gasteiger partial charge in [0.05, 0.1) is 5.69 Å². The summed E-state index contributed by atoms with van der Waals surface area (Å²) in [6.07, 6.45) is 2.53. The summed E-state index contributed by atoms with van der Waals surface area (Å²) in [5.74, 6) is 0.329. The van der Waals surface area contributed by atoms with Crippen molar-refractivity contribution in [3.05, 3.63) is 35.7 Å². The largest absolute Gasteiger partial charge is 0.360 e. The molecule has 0 aromatic carbocycles. The first-order valence-electron chi connectivity index (χ1n) is 6.32. The number of hydrogen-bond donors (Lipinski definition) is 1. The second kappa shape index (κ2) is 5.65. The molecule has 0 aliphatic carbocycles. The molecular formula is C14H17N3O2. The topological polar surface area (TPSA) is 68.0 Å². The summed E-state index contributed by atoms with van der Waals surface area (Å²) < 4.78 is 5.14. The van der Waals surface area contributed by atoms with Crippen molar-refractivity contribution in [2.45, 2.75) is 33.2 Å². The van der Waals surface area contributed by atoms with Gasteiger partial charge in [-0.1, -0.05) is 18.1 Å². The van der Waals surface area contributed by atoms with E-state index < -0.39 is 0 Å². The molecule has 2 aromatic rings. The summed E-state index contributed by atoms with van der Waals surface area (Å²) in [7, 11) is 0. The maximum absolute atomic E-state index is 12.3. The van der Waals surface area contributed by atoms with E-state index in [0.717, 1.165) is 6.42 Å². The van der Waals surface area contributed by atoms with E-state index in [2.05, 4.69) is 15.5 Å². The zero-order chi connectivity index (χ0) is 13.8. The van der Waals surface area contributed by atoms with Crippen molar-refractivity contribution in [1.29, 1.82) is 0 Å². The summed E-state index contributed by atoms with van der Waals surface area (Å²) in [5, 5.41) is 6.86. The maximum atomic E-state index is 12.3. The Morgan fingerprint density at radius 2 is 2.26 bits per heavy atom. The van der Waals surface area contributed by atoms with Crippen LogP contribution < -0.4 is 5.32 Å². The van der Waals surface area contributed by atoms with Crippen LogP contribution in [-0.2, 0) is 0 Å². The quantitative estimate of drug-likeness (QED) is 0.916. The Morgan fingerprint density at radius 1 is 1.47 bits per heavy atom. The first kappa shape index (κ1) is 13.3. The number of hydrogen-bond acceptors (Lipinski definition) is 4. The number of amides is 1. The van der Waals surface area contributed by atoms with Gasteiger partial charge in [0, 0.05) is 12.2 Å². The van der Waals surface area contributed by atoms with E-state index >= 15 is 0 Å². The number of pyridine rings is 1. The molecule has 2 heterocycles. The summed E-state index contributed by atoms with van der Waals surface area (Å²) in [6, 6.07) is 5.58. The highest BCUT2D eigenvalue weighted by atomic mass is 16.5. The predicted octanol–water partition coefficient (Wildman–Crippen LogP) is 2.57. The van der Waals surface area contributed by atoms with E-state index in [9.17, 15) is 4.79 Å². The lowest BCUT2D eigenvalue weighted by Crippen LogP contribution is -2.32. The number of nitrogens with one attached hydrogen (secondary N) is 1. The Kier molecular flexibility index (Phi) is 3.94. The molecular weight excluding hydrogens is 242 g/mol. The van der Waals surface area contributed by atoms with Crippen LogP contribution in [0, 0.1) is 6.92 Å². The van der Waals surface area contributed by atoms with Crippen molar-refractivity contribution in [1.82, 2.24) is 15.5 Å². The van der Waals surface area contributed by atoms with Gasteiger partial charge in [-0.3, -0.25) is 9.78 Å². The molecule has 0 saturated heterocycles. The number of rotatable bonds is 4. The number of aromatic nitrogens is 2. The predicted molar refractivity (Wildman–Crippen MR) is 71.7 cm³/mol. The highest BCUT2D eigenvalue weighted by molar-refractivity contribution is 6.00. The van der Waals surface area contributed by atoms with E-state index in [4.69, 9.17) is 4.52 Å². The molecule has 0 saturated carbocycles. The highest BCUT2D eigenvalue weighted by Crippen LogP contribution is 2.23. The normalized spacial score (nSPS) is 12.2. The number of aryl methyl sites for hydroxylation is 1. The van der Waals surface area contributed by atoms with Crippen molar-refractivity contribution in [3.63, 3.8) is 0 Å². The number of carbonyl (C=O) groups is 1. The van der Waals surface area contributed by atoms with Gasteiger partial charge in [0.2, 0.25) is 0 Å². The van der Waals surface area contributed by atoms with Crippen LogP contribution in [0.4, 0.5) is 0 Å². The molecule has 100 valence electrons. The zero-order valence-electron chi connectivity index (χ0n) is 11.3. The molecule has 5 heteroatoms. The summed E-state index contributed by atoms with van der Waals surface area (Å²) in [4.78, 5) is 16.5. The third-order valence-corrected chi connectivity index (χ3v) is 2.99. The fraction of sp³-hybridized carbons (Fsp3) is 0.357.